The van der Waals surface area contributed by atoms with E-state index in [-0.39, 0.29) is 18.5 Å². The molecule has 0 spiro atoms. The fourth-order valence-corrected chi connectivity index (χ4v) is 1.84. The maximum absolute atomic E-state index is 12.0. The Morgan fingerprint density at radius 1 is 1.53 bits per heavy atom. The lowest BCUT2D eigenvalue weighted by atomic mass is 10.1. The number of piperidine rings is 1. The number of amides is 1. The minimum Gasteiger partial charge on any atom is -0.356 e. The third-order valence-electron chi connectivity index (χ3n) is 2.89. The number of hydrogen-bond donors (Lipinski definition) is 2. The van der Waals surface area contributed by atoms with Crippen LogP contribution in [0.15, 0.2) is 4.99 Å². The average Bonchev–Trinajstić information content (AvgIpc) is 2.31. The fourth-order valence-electron chi connectivity index (χ4n) is 1.84. The molecule has 1 aliphatic rings. The van der Waals surface area contributed by atoms with Gasteiger partial charge in [-0.25, -0.2) is 0 Å². The van der Waals surface area contributed by atoms with E-state index in [1.807, 2.05) is 0 Å². The Morgan fingerprint density at radius 3 is 2.74 bits per heavy atom. The maximum atomic E-state index is 12.0. The van der Waals surface area contributed by atoms with Crippen molar-refractivity contribution in [1.29, 1.82) is 0 Å². The number of aliphatic imine (C=N–C) groups is 1. The van der Waals surface area contributed by atoms with Crippen molar-refractivity contribution in [3.05, 3.63) is 0 Å². The van der Waals surface area contributed by atoms with Gasteiger partial charge in [0.25, 0.3) is 0 Å². The number of guanidine groups is 1. The lowest BCUT2D eigenvalue weighted by Crippen LogP contribution is -2.52. The smallest absolute Gasteiger partial charge is 0.356 e. The molecule has 1 atom stereocenters. The van der Waals surface area contributed by atoms with Crippen LogP contribution in [-0.4, -0.2) is 56.2 Å². The van der Waals surface area contributed by atoms with E-state index in [0.29, 0.717) is 25.3 Å². The molecule has 0 aromatic heterocycles. The van der Waals surface area contributed by atoms with E-state index < -0.39 is 12.6 Å². The van der Waals surface area contributed by atoms with Crippen LogP contribution in [-0.2, 0) is 4.79 Å². The van der Waals surface area contributed by atoms with E-state index >= 15 is 0 Å². The molecule has 0 aliphatic carbocycles. The summed E-state index contributed by atoms with van der Waals surface area (Å²) >= 11 is 0. The number of nitrogens with one attached hydrogen (secondary N) is 2. The van der Waals surface area contributed by atoms with E-state index in [0.717, 1.165) is 0 Å². The van der Waals surface area contributed by atoms with Gasteiger partial charge in [0.15, 0.2) is 5.96 Å². The van der Waals surface area contributed by atoms with E-state index in [2.05, 4.69) is 15.6 Å². The van der Waals surface area contributed by atoms with Crippen molar-refractivity contribution in [2.24, 2.45) is 4.99 Å². The monoisotopic (exact) mass is 280 g/mol. The second-order valence-electron chi connectivity index (χ2n) is 4.52. The lowest BCUT2D eigenvalue weighted by molar-refractivity contribution is -0.133. The third-order valence-corrected chi connectivity index (χ3v) is 2.89. The number of carbonyl (C=O) groups is 1. The summed E-state index contributed by atoms with van der Waals surface area (Å²) in [4.78, 5) is 16.8. The molecule has 1 amide bonds. The quantitative estimate of drug-likeness (QED) is 0.592. The molecule has 2 N–H and O–H groups in total. The van der Waals surface area contributed by atoms with Crippen LogP contribution in [0.4, 0.5) is 13.2 Å². The first-order valence-corrected chi connectivity index (χ1v) is 6.09. The highest BCUT2D eigenvalue weighted by atomic mass is 19.4. The van der Waals surface area contributed by atoms with Crippen molar-refractivity contribution in [2.75, 3.05) is 27.2 Å². The summed E-state index contributed by atoms with van der Waals surface area (Å²) < 4.78 is 36.1. The van der Waals surface area contributed by atoms with Gasteiger partial charge in [0.1, 0.15) is 0 Å². The van der Waals surface area contributed by atoms with Gasteiger partial charge in [0, 0.05) is 39.6 Å². The van der Waals surface area contributed by atoms with Crippen LogP contribution in [0.2, 0.25) is 0 Å². The minimum atomic E-state index is -4.18. The third kappa shape index (κ3) is 5.80. The van der Waals surface area contributed by atoms with Gasteiger partial charge in [0.2, 0.25) is 5.91 Å². The van der Waals surface area contributed by atoms with Gasteiger partial charge in [-0.3, -0.25) is 9.79 Å². The molecule has 1 unspecified atom stereocenters. The Labute approximate surface area is 110 Å². The number of carbonyl (C=O) groups excluding carboxylic acids is 1. The highest BCUT2D eigenvalue weighted by Gasteiger charge is 2.27. The molecule has 1 rings (SSSR count). The molecule has 1 aliphatic heterocycles. The summed E-state index contributed by atoms with van der Waals surface area (Å²) in [5.41, 5.74) is 0. The number of likely N-dealkylation sites (N-methyl/N-ethyl adjacent to an activating group) is 1. The minimum absolute atomic E-state index is 0.0137. The Kier molecular flexibility index (Phi) is 5.44. The highest BCUT2D eigenvalue weighted by Crippen LogP contribution is 2.18. The zero-order chi connectivity index (χ0) is 14.5. The molecule has 0 saturated carbocycles. The van der Waals surface area contributed by atoms with Gasteiger partial charge in [-0.15, -0.1) is 0 Å². The number of halogens is 3. The average molecular weight is 280 g/mol. The van der Waals surface area contributed by atoms with E-state index in [4.69, 9.17) is 0 Å². The summed E-state index contributed by atoms with van der Waals surface area (Å²) in [7, 11) is 3.20. The Bertz CT molecular complexity index is 343. The molecular formula is C11H19F3N4O. The van der Waals surface area contributed by atoms with Crippen LogP contribution in [0.1, 0.15) is 19.3 Å². The van der Waals surface area contributed by atoms with Crippen molar-refractivity contribution in [3.63, 3.8) is 0 Å². The van der Waals surface area contributed by atoms with Crippen LogP contribution in [0.3, 0.4) is 0 Å². The molecule has 1 heterocycles. The number of likely N-dealkylation sites (tertiary alicyclic amines) is 1. The summed E-state index contributed by atoms with van der Waals surface area (Å²) in [6.45, 7) is 0.309. The van der Waals surface area contributed by atoms with Crippen molar-refractivity contribution in [3.8, 4) is 0 Å². The molecule has 110 valence electrons. The lowest BCUT2D eigenvalue weighted by Gasteiger charge is -2.31. The Hall–Kier alpha value is -1.47. The van der Waals surface area contributed by atoms with Crippen molar-refractivity contribution < 1.29 is 18.0 Å². The molecular weight excluding hydrogens is 261 g/mol. The van der Waals surface area contributed by atoms with Gasteiger partial charge in [-0.05, 0) is 6.42 Å². The predicted octanol–water partition coefficient (Wildman–Crippen LogP) is 0.725. The number of rotatable bonds is 3. The van der Waals surface area contributed by atoms with E-state index in [1.165, 1.54) is 7.05 Å². The Morgan fingerprint density at radius 2 is 2.21 bits per heavy atom. The van der Waals surface area contributed by atoms with Crippen molar-refractivity contribution >= 4 is 11.9 Å². The first-order valence-electron chi connectivity index (χ1n) is 6.09. The largest absolute Gasteiger partial charge is 0.390 e. The molecule has 19 heavy (non-hydrogen) atoms. The van der Waals surface area contributed by atoms with Crippen LogP contribution in [0.25, 0.3) is 0 Å². The second-order valence-corrected chi connectivity index (χ2v) is 4.52. The standard InChI is InChI=1S/C11H19F3N4O/c1-15-10(16-6-5-11(12,13)14)17-8-3-4-9(19)18(2)7-8/h8H,3-7H2,1-2H3,(H2,15,16,17). The van der Waals surface area contributed by atoms with Gasteiger partial charge in [-0.2, -0.15) is 13.2 Å². The van der Waals surface area contributed by atoms with Gasteiger partial charge in [0.05, 0.1) is 6.42 Å². The first kappa shape index (κ1) is 15.6. The number of alkyl halides is 3. The zero-order valence-corrected chi connectivity index (χ0v) is 11.0. The van der Waals surface area contributed by atoms with Crippen LogP contribution < -0.4 is 10.6 Å². The molecule has 8 heteroatoms. The highest BCUT2D eigenvalue weighted by molar-refractivity contribution is 5.81. The number of hydrogen-bond acceptors (Lipinski definition) is 2. The molecule has 0 aromatic rings. The summed E-state index contributed by atoms with van der Waals surface area (Å²) in [6.07, 6.45) is -3.99. The second kappa shape index (κ2) is 6.63. The molecule has 1 saturated heterocycles. The first-order chi connectivity index (χ1) is 8.81. The SMILES string of the molecule is CN=C(NCCC(F)(F)F)NC1CCC(=O)N(C)C1. The predicted molar refractivity (Wildman–Crippen MR) is 65.8 cm³/mol. The molecule has 0 radical (unpaired) electrons. The Balaban J connectivity index is 2.35. The van der Waals surface area contributed by atoms with Crippen LogP contribution in [0.5, 0.6) is 0 Å². The van der Waals surface area contributed by atoms with E-state index in [1.54, 1.807) is 11.9 Å². The van der Waals surface area contributed by atoms with Crippen molar-refractivity contribution in [2.45, 2.75) is 31.5 Å². The van der Waals surface area contributed by atoms with E-state index in [9.17, 15) is 18.0 Å². The topological polar surface area (TPSA) is 56.7 Å². The zero-order valence-electron chi connectivity index (χ0n) is 11.0. The van der Waals surface area contributed by atoms with Gasteiger partial charge >= 0.3 is 6.18 Å². The van der Waals surface area contributed by atoms with Crippen LogP contribution >= 0.6 is 0 Å². The molecule has 0 aromatic carbocycles. The molecule has 0 bridgehead atoms. The summed E-state index contributed by atoms with van der Waals surface area (Å²) in [5.74, 6) is 0.412. The van der Waals surface area contributed by atoms with Gasteiger partial charge in [-0.1, -0.05) is 0 Å². The summed E-state index contributed by atoms with van der Waals surface area (Å²) in [5, 5.41) is 5.64. The normalized spacial score (nSPS) is 21.5. The number of nitrogens with zero attached hydrogens (tertiary/aromatic N) is 2. The van der Waals surface area contributed by atoms with Crippen molar-refractivity contribution in [1.82, 2.24) is 15.5 Å². The molecule has 1 fully saturated rings. The van der Waals surface area contributed by atoms with Crippen LogP contribution in [0, 0.1) is 0 Å². The fraction of sp³-hybridized carbons (Fsp3) is 0.818. The van der Waals surface area contributed by atoms with Gasteiger partial charge < -0.3 is 15.5 Å². The summed E-state index contributed by atoms with van der Waals surface area (Å²) in [6, 6.07) is 0.0137. The molecule has 5 nitrogen and oxygen atoms in total. The maximum Gasteiger partial charge on any atom is 0.390 e.